The first kappa shape index (κ1) is 37.7. The number of methoxy groups -OCH3 is 4. The molecule has 52 heavy (non-hydrogen) atoms. The van der Waals surface area contributed by atoms with Gasteiger partial charge in [0.25, 0.3) is 0 Å². The van der Waals surface area contributed by atoms with Gasteiger partial charge in [0.2, 0.25) is 0 Å². The number of hydrogen-bond acceptors (Lipinski definition) is 10. The van der Waals surface area contributed by atoms with Crippen LogP contribution in [0.15, 0.2) is 24.3 Å². The van der Waals surface area contributed by atoms with Crippen molar-refractivity contribution in [1.82, 2.24) is 19.9 Å². The van der Waals surface area contributed by atoms with Crippen LogP contribution in [0.2, 0.25) is 0 Å². The second kappa shape index (κ2) is 16.2. The number of H-pyrrole nitrogens is 2. The van der Waals surface area contributed by atoms with E-state index in [0.717, 1.165) is 78.0 Å². The third-order valence-corrected chi connectivity index (χ3v) is 10.0. The Balaban J connectivity index is 1.87. The summed E-state index contributed by atoms with van der Waals surface area (Å²) in [6.45, 7) is 7.98. The molecule has 0 aromatic carbocycles. The molecular weight excluding hydrogens is 664 g/mol. The van der Waals surface area contributed by atoms with Crippen molar-refractivity contribution in [2.75, 3.05) is 28.4 Å². The van der Waals surface area contributed by atoms with E-state index in [1.165, 1.54) is 28.4 Å². The van der Waals surface area contributed by atoms with Crippen LogP contribution in [-0.4, -0.2) is 72.3 Å². The molecule has 0 unspecified atom stereocenters. The number of fused-ring (bicyclic) bond motifs is 8. The molecule has 274 valence electrons. The fraction of sp³-hybridized carbons (Fsp3) is 0.400. The van der Waals surface area contributed by atoms with E-state index in [9.17, 15) is 19.2 Å². The molecule has 2 aliphatic rings. The van der Waals surface area contributed by atoms with Crippen molar-refractivity contribution in [2.24, 2.45) is 0 Å². The molecule has 12 nitrogen and oxygen atoms in total. The fourth-order valence-corrected chi connectivity index (χ4v) is 6.81. The van der Waals surface area contributed by atoms with Crippen LogP contribution >= 0.6 is 0 Å². The van der Waals surface area contributed by atoms with Gasteiger partial charge in [0.1, 0.15) is 0 Å². The quantitative estimate of drug-likeness (QED) is 0.149. The summed E-state index contributed by atoms with van der Waals surface area (Å²) in [6, 6.07) is 7.92. The van der Waals surface area contributed by atoms with Crippen LogP contribution in [0.25, 0.3) is 44.4 Å². The fourth-order valence-electron chi connectivity index (χ4n) is 6.81. The monoisotopic (exact) mass is 710 g/mol. The van der Waals surface area contributed by atoms with Gasteiger partial charge in [-0.1, -0.05) is 0 Å². The normalized spacial score (nSPS) is 12.6. The van der Waals surface area contributed by atoms with Gasteiger partial charge >= 0.3 is 23.9 Å². The highest BCUT2D eigenvalue weighted by Crippen LogP contribution is 2.37. The molecule has 0 amide bonds. The lowest BCUT2D eigenvalue weighted by Gasteiger charge is -2.04. The van der Waals surface area contributed by atoms with E-state index in [0.29, 0.717) is 37.1 Å². The zero-order chi connectivity index (χ0) is 37.7. The summed E-state index contributed by atoms with van der Waals surface area (Å²) in [5, 5.41) is 0. The molecule has 3 aromatic heterocycles. The van der Waals surface area contributed by atoms with Gasteiger partial charge in [0.05, 0.1) is 51.2 Å². The van der Waals surface area contributed by atoms with Crippen LogP contribution in [0.5, 0.6) is 0 Å². The summed E-state index contributed by atoms with van der Waals surface area (Å²) in [5.41, 5.74) is 13.5. The number of aromatic nitrogens is 4. The number of carbonyl (C=O) groups is 4. The topological polar surface area (TPSA) is 163 Å². The highest BCUT2D eigenvalue weighted by Gasteiger charge is 2.22. The molecule has 0 radical (unpaired) electrons. The molecule has 0 saturated heterocycles. The van der Waals surface area contributed by atoms with Gasteiger partial charge in [-0.15, -0.1) is 0 Å². The summed E-state index contributed by atoms with van der Waals surface area (Å²) < 4.78 is 19.8. The highest BCUT2D eigenvalue weighted by atomic mass is 16.5. The number of rotatable bonds is 12. The van der Waals surface area contributed by atoms with Gasteiger partial charge in [0, 0.05) is 47.8 Å². The van der Waals surface area contributed by atoms with Crippen molar-refractivity contribution in [2.45, 2.75) is 79.1 Å². The van der Waals surface area contributed by atoms with Gasteiger partial charge in [-0.3, -0.25) is 19.2 Å². The van der Waals surface area contributed by atoms with Crippen LogP contribution in [0.4, 0.5) is 0 Å². The Morgan fingerprint density at radius 3 is 1.12 bits per heavy atom. The standard InChI is InChI=1S/C40H46N4O8/c1-21-25(9-13-37(45)49-5)33-18-30-23(3)27(11-15-39(47)51-7)35(43-30)20-32-24(4)28(12-16-40(48)52-8)36(44-32)19-31-22(2)26(10-14-38(46)50-6)34(42-31)17-29(21)41-33/h17-20,41,44H,9-16H2,1-8H3. The van der Waals surface area contributed by atoms with Crippen molar-refractivity contribution in [1.29, 1.82) is 0 Å². The van der Waals surface area contributed by atoms with Gasteiger partial charge < -0.3 is 28.9 Å². The first-order chi connectivity index (χ1) is 24.9. The number of aromatic amines is 2. The average Bonchev–Trinajstić information content (AvgIpc) is 3.80. The molecule has 5 heterocycles. The first-order valence-electron chi connectivity index (χ1n) is 17.3. The van der Waals surface area contributed by atoms with Crippen molar-refractivity contribution in [3.05, 3.63) is 69.3 Å². The van der Waals surface area contributed by atoms with Gasteiger partial charge in [-0.25, -0.2) is 9.97 Å². The Hall–Kier alpha value is -5.52. The maximum atomic E-state index is 12.3. The third-order valence-electron chi connectivity index (χ3n) is 10.0. The Morgan fingerprint density at radius 2 is 0.788 bits per heavy atom. The minimum Gasteiger partial charge on any atom is -0.469 e. The van der Waals surface area contributed by atoms with E-state index < -0.39 is 0 Å². The second-order valence-corrected chi connectivity index (χ2v) is 13.0. The van der Waals surface area contributed by atoms with Gasteiger partial charge in [0.15, 0.2) is 0 Å². The lowest BCUT2D eigenvalue weighted by Crippen LogP contribution is -2.02. The molecule has 2 aliphatic heterocycles. The maximum absolute atomic E-state index is 12.3. The van der Waals surface area contributed by atoms with Crippen LogP contribution < -0.4 is 0 Å². The van der Waals surface area contributed by atoms with Gasteiger partial charge in [-0.05, 0) is 122 Å². The van der Waals surface area contributed by atoms with Crippen molar-refractivity contribution >= 4 is 68.2 Å². The molecule has 2 N–H and O–H groups in total. The van der Waals surface area contributed by atoms with E-state index in [4.69, 9.17) is 28.9 Å². The predicted molar refractivity (Wildman–Crippen MR) is 199 cm³/mol. The van der Waals surface area contributed by atoms with Crippen LogP contribution in [0.1, 0.15) is 97.4 Å². The number of allylic oxidation sites excluding steroid dienone is 4. The first-order valence-corrected chi connectivity index (χ1v) is 17.3. The largest absolute Gasteiger partial charge is 0.469 e. The van der Waals surface area contributed by atoms with Crippen molar-refractivity contribution in [3.8, 4) is 0 Å². The van der Waals surface area contributed by atoms with E-state index >= 15 is 0 Å². The predicted octanol–water partition coefficient (Wildman–Crippen LogP) is 6.91. The van der Waals surface area contributed by atoms with E-state index in [2.05, 4.69) is 9.97 Å². The molecule has 0 aliphatic carbocycles. The molecule has 5 rings (SSSR count). The number of aryl methyl sites for hydroxylation is 4. The smallest absolute Gasteiger partial charge is 0.305 e. The molecule has 0 atom stereocenters. The van der Waals surface area contributed by atoms with Crippen LogP contribution in [0, 0.1) is 13.8 Å². The second-order valence-electron chi connectivity index (χ2n) is 13.0. The Labute approximate surface area is 302 Å². The minimum absolute atomic E-state index is 0.184. The summed E-state index contributed by atoms with van der Waals surface area (Å²) >= 11 is 0. The molecule has 12 heteroatoms. The summed E-state index contributed by atoms with van der Waals surface area (Å²) in [6.07, 6.45) is 2.46. The SMILES string of the molecule is COC(=O)CCC1=C(C)c2cc3[nH]c(cc4nc(cc5[nH]c(cc1n2)c(C)c5CCC(=O)OC)C(C)=C4CCC(=O)OC)c(C)c3CCC(=O)OC. The lowest BCUT2D eigenvalue weighted by atomic mass is 9.99. The number of carbonyl (C=O) groups excluding carboxylic acids is 4. The third kappa shape index (κ3) is 8.01. The molecule has 8 bridgehead atoms. The zero-order valence-corrected chi connectivity index (χ0v) is 31.1. The van der Waals surface area contributed by atoms with E-state index in [1.54, 1.807) is 0 Å². The van der Waals surface area contributed by atoms with Crippen LogP contribution in [-0.2, 0) is 51.0 Å². The zero-order valence-electron chi connectivity index (χ0n) is 31.1. The molecule has 0 fully saturated rings. The van der Waals surface area contributed by atoms with E-state index in [1.807, 2.05) is 52.0 Å². The molecular formula is C40H46N4O8. The van der Waals surface area contributed by atoms with Gasteiger partial charge in [-0.2, -0.15) is 0 Å². The number of esters is 4. The summed E-state index contributed by atoms with van der Waals surface area (Å²) in [4.78, 5) is 66.4. The maximum Gasteiger partial charge on any atom is 0.305 e. The number of nitrogens with one attached hydrogen (secondary N) is 2. The Bertz CT molecular complexity index is 2020. The number of ether oxygens (including phenoxy) is 4. The van der Waals surface area contributed by atoms with Crippen LogP contribution in [0.3, 0.4) is 0 Å². The lowest BCUT2D eigenvalue weighted by molar-refractivity contribution is -0.141. The average molecular weight is 711 g/mol. The number of hydrogen-bond donors (Lipinski definition) is 2. The summed E-state index contributed by atoms with van der Waals surface area (Å²) in [7, 11) is 5.50. The minimum atomic E-state index is -0.318. The number of nitrogens with zero attached hydrogens (tertiary/aromatic N) is 2. The molecule has 0 saturated carbocycles. The van der Waals surface area contributed by atoms with E-state index in [-0.39, 0.29) is 49.6 Å². The van der Waals surface area contributed by atoms with Crippen molar-refractivity contribution < 1.29 is 38.1 Å². The molecule has 3 aromatic rings. The summed E-state index contributed by atoms with van der Waals surface area (Å²) in [5.74, 6) is -1.27. The molecule has 0 spiro atoms. The Kier molecular flexibility index (Phi) is 11.8. The van der Waals surface area contributed by atoms with Crippen molar-refractivity contribution in [3.63, 3.8) is 0 Å². The Morgan fingerprint density at radius 1 is 0.481 bits per heavy atom. The highest BCUT2D eigenvalue weighted by molar-refractivity contribution is 5.96.